The van der Waals surface area contributed by atoms with Crippen molar-refractivity contribution in [3.63, 3.8) is 0 Å². The summed E-state index contributed by atoms with van der Waals surface area (Å²) in [5, 5.41) is 11.1. The zero-order chi connectivity index (χ0) is 20.0. The second kappa shape index (κ2) is 6.67. The van der Waals surface area contributed by atoms with E-state index in [-0.39, 0.29) is 29.1 Å². The number of carbonyl (C=O) groups is 1. The van der Waals surface area contributed by atoms with Crippen LogP contribution < -0.4 is 16.7 Å². The molecule has 1 amide bonds. The Hall–Kier alpha value is -3.35. The molecule has 144 valence electrons. The summed E-state index contributed by atoms with van der Waals surface area (Å²) in [4.78, 5) is 37.1. The average Bonchev–Trinajstić information content (AvgIpc) is 2.66. The van der Waals surface area contributed by atoms with E-state index in [4.69, 9.17) is 10.2 Å². The van der Waals surface area contributed by atoms with Gasteiger partial charge in [0.05, 0.1) is 11.4 Å². The Bertz CT molecular complexity index is 1220. The number of para-hydroxylation sites is 1. The third-order valence-electron chi connectivity index (χ3n) is 5.22. The van der Waals surface area contributed by atoms with Crippen molar-refractivity contribution in [2.24, 2.45) is 5.73 Å². The van der Waals surface area contributed by atoms with Gasteiger partial charge >= 0.3 is 0 Å². The van der Waals surface area contributed by atoms with Crippen molar-refractivity contribution in [2.45, 2.75) is 38.6 Å². The number of amides is 1. The van der Waals surface area contributed by atoms with E-state index < -0.39 is 23.0 Å². The molecule has 7 nitrogen and oxygen atoms in total. The van der Waals surface area contributed by atoms with Crippen LogP contribution in [0.3, 0.4) is 0 Å². The van der Waals surface area contributed by atoms with Crippen LogP contribution in [0.2, 0.25) is 0 Å². The summed E-state index contributed by atoms with van der Waals surface area (Å²) in [6.45, 7) is 2.13. The van der Waals surface area contributed by atoms with Crippen LogP contribution in [0.15, 0.2) is 44.3 Å². The van der Waals surface area contributed by atoms with Gasteiger partial charge in [-0.1, -0.05) is 18.2 Å². The van der Waals surface area contributed by atoms with Gasteiger partial charge in [-0.25, -0.2) is 0 Å². The minimum atomic E-state index is -0.948. The second-order valence-corrected chi connectivity index (χ2v) is 7.17. The number of hydrogen-bond donors (Lipinski definition) is 2. The second-order valence-electron chi connectivity index (χ2n) is 7.17. The molecule has 4 rings (SSSR count). The van der Waals surface area contributed by atoms with Crippen LogP contribution in [0.4, 0.5) is 0 Å². The van der Waals surface area contributed by atoms with Crippen LogP contribution in [0.5, 0.6) is 5.75 Å². The summed E-state index contributed by atoms with van der Waals surface area (Å²) < 4.78 is 7.28. The fourth-order valence-corrected chi connectivity index (χ4v) is 4.04. The molecule has 0 bridgehead atoms. The van der Waals surface area contributed by atoms with E-state index in [1.54, 1.807) is 17.6 Å². The van der Waals surface area contributed by atoms with Crippen LogP contribution in [0.25, 0.3) is 10.9 Å². The Morgan fingerprint density at radius 3 is 2.86 bits per heavy atom. The molecule has 0 spiro atoms. The highest BCUT2D eigenvalue weighted by molar-refractivity contribution is 5.84. The van der Waals surface area contributed by atoms with Crippen LogP contribution in [0.1, 0.15) is 41.4 Å². The van der Waals surface area contributed by atoms with Gasteiger partial charge in [0.15, 0.2) is 5.76 Å². The average molecular weight is 380 g/mol. The molecule has 3 heterocycles. The molecule has 1 aliphatic rings. The topological polar surface area (TPSA) is 116 Å². The number of aryl methyl sites for hydroxylation is 3. The fourth-order valence-electron chi connectivity index (χ4n) is 4.04. The minimum absolute atomic E-state index is 0.111. The molecule has 7 heteroatoms. The Balaban J connectivity index is 2.03. The summed E-state index contributed by atoms with van der Waals surface area (Å²) in [5.74, 6) is -2.06. The lowest BCUT2D eigenvalue weighted by Crippen LogP contribution is -2.30. The summed E-state index contributed by atoms with van der Waals surface area (Å²) in [6, 6.07) is 8.69. The molecular formula is C21H20N2O5. The number of aromatic nitrogens is 1. The Kier molecular flexibility index (Phi) is 4.30. The summed E-state index contributed by atoms with van der Waals surface area (Å²) in [7, 11) is 0. The summed E-state index contributed by atoms with van der Waals surface area (Å²) in [6.07, 6.45) is 1.47. The van der Waals surface area contributed by atoms with E-state index in [0.29, 0.717) is 6.54 Å². The van der Waals surface area contributed by atoms with E-state index in [0.717, 1.165) is 35.4 Å². The third kappa shape index (κ3) is 2.89. The van der Waals surface area contributed by atoms with Gasteiger partial charge in [0.25, 0.3) is 5.56 Å². The lowest BCUT2D eigenvalue weighted by Gasteiger charge is -2.23. The zero-order valence-electron chi connectivity index (χ0n) is 15.4. The van der Waals surface area contributed by atoms with Crippen molar-refractivity contribution in [3.8, 4) is 5.75 Å². The van der Waals surface area contributed by atoms with Crippen LogP contribution in [0, 0.1) is 6.92 Å². The molecule has 0 saturated carbocycles. The summed E-state index contributed by atoms with van der Waals surface area (Å²) >= 11 is 0. The molecule has 1 aliphatic heterocycles. The first-order valence-corrected chi connectivity index (χ1v) is 9.14. The fraction of sp³-hybridized carbons (Fsp3) is 0.286. The van der Waals surface area contributed by atoms with Gasteiger partial charge in [-0.15, -0.1) is 0 Å². The first-order valence-electron chi connectivity index (χ1n) is 9.14. The standard InChI is InChI=1S/C21H20N2O5/c1-11-8-16(24)19(26)20(28-11)14(10-17(22)25)15-9-13-5-2-4-12-6-3-7-23(18(12)13)21(15)27/h2,4-5,8-9,14,26H,3,6-7,10H2,1H3,(H2,22,25). The Morgan fingerprint density at radius 2 is 2.11 bits per heavy atom. The lowest BCUT2D eigenvalue weighted by molar-refractivity contribution is -0.118. The third-order valence-corrected chi connectivity index (χ3v) is 5.22. The van der Waals surface area contributed by atoms with Crippen molar-refractivity contribution in [2.75, 3.05) is 0 Å². The van der Waals surface area contributed by atoms with Gasteiger partial charge in [-0.05, 0) is 36.8 Å². The van der Waals surface area contributed by atoms with Gasteiger partial charge < -0.3 is 19.8 Å². The van der Waals surface area contributed by atoms with E-state index in [2.05, 4.69) is 0 Å². The SMILES string of the molecule is Cc1cc(=O)c(O)c(C(CC(N)=O)c2cc3cccc4c3n(c2=O)CCC4)o1. The van der Waals surface area contributed by atoms with E-state index in [9.17, 15) is 19.5 Å². The van der Waals surface area contributed by atoms with Gasteiger partial charge in [0.2, 0.25) is 17.1 Å². The van der Waals surface area contributed by atoms with Gasteiger partial charge in [0, 0.05) is 24.6 Å². The molecule has 0 radical (unpaired) electrons. The first kappa shape index (κ1) is 18.0. The monoisotopic (exact) mass is 380 g/mol. The molecule has 3 aromatic rings. The van der Waals surface area contributed by atoms with Crippen LogP contribution >= 0.6 is 0 Å². The number of carbonyl (C=O) groups excluding carboxylic acids is 1. The molecule has 0 fully saturated rings. The quantitative estimate of drug-likeness (QED) is 0.717. The van der Waals surface area contributed by atoms with Crippen LogP contribution in [-0.4, -0.2) is 15.6 Å². The molecule has 1 unspecified atom stereocenters. The maximum Gasteiger partial charge on any atom is 0.255 e. The molecule has 1 aromatic carbocycles. The highest BCUT2D eigenvalue weighted by Gasteiger charge is 2.29. The number of nitrogens with two attached hydrogens (primary N) is 1. The van der Waals surface area contributed by atoms with Gasteiger partial charge in [0.1, 0.15) is 5.76 Å². The minimum Gasteiger partial charge on any atom is -0.502 e. The maximum absolute atomic E-state index is 13.3. The number of pyridine rings is 1. The Labute approximate surface area is 160 Å². The van der Waals surface area contributed by atoms with E-state index in [1.165, 1.54) is 0 Å². The van der Waals surface area contributed by atoms with Crippen molar-refractivity contribution >= 4 is 16.8 Å². The molecule has 0 aliphatic carbocycles. The predicted molar refractivity (Wildman–Crippen MR) is 104 cm³/mol. The lowest BCUT2D eigenvalue weighted by atomic mass is 9.90. The zero-order valence-corrected chi connectivity index (χ0v) is 15.4. The highest BCUT2D eigenvalue weighted by atomic mass is 16.4. The molecule has 1 atom stereocenters. The predicted octanol–water partition coefficient (Wildman–Crippen LogP) is 1.92. The largest absolute Gasteiger partial charge is 0.502 e. The Morgan fingerprint density at radius 1 is 1.32 bits per heavy atom. The number of hydrogen-bond acceptors (Lipinski definition) is 5. The number of primary amides is 1. The molecular weight excluding hydrogens is 360 g/mol. The van der Waals surface area contributed by atoms with Crippen molar-refractivity contribution in [1.29, 1.82) is 0 Å². The molecule has 28 heavy (non-hydrogen) atoms. The molecule has 3 N–H and O–H groups in total. The van der Waals surface area contributed by atoms with Gasteiger partial charge in [-0.2, -0.15) is 0 Å². The van der Waals surface area contributed by atoms with Crippen molar-refractivity contribution in [1.82, 2.24) is 4.57 Å². The normalized spacial score (nSPS) is 14.2. The molecule has 2 aromatic heterocycles. The van der Waals surface area contributed by atoms with E-state index >= 15 is 0 Å². The number of rotatable bonds is 4. The number of aromatic hydroxyl groups is 1. The highest BCUT2D eigenvalue weighted by Crippen LogP contribution is 2.33. The number of nitrogens with zero attached hydrogens (tertiary/aromatic N) is 1. The summed E-state index contributed by atoms with van der Waals surface area (Å²) in [5.41, 5.74) is 6.78. The maximum atomic E-state index is 13.3. The van der Waals surface area contributed by atoms with Crippen molar-refractivity contribution in [3.05, 3.63) is 73.6 Å². The van der Waals surface area contributed by atoms with Crippen molar-refractivity contribution < 1.29 is 14.3 Å². The smallest absolute Gasteiger partial charge is 0.255 e. The molecule has 0 saturated heterocycles. The first-order chi connectivity index (χ1) is 13.4. The number of benzene rings is 1. The van der Waals surface area contributed by atoms with E-state index in [1.807, 2.05) is 18.2 Å². The van der Waals surface area contributed by atoms with Crippen LogP contribution in [-0.2, 0) is 17.8 Å². The van der Waals surface area contributed by atoms with Gasteiger partial charge in [-0.3, -0.25) is 14.4 Å².